The molecular formula is C15H11N3O2. The zero-order valence-electron chi connectivity index (χ0n) is 10.5. The van der Waals surface area contributed by atoms with Crippen LogP contribution in [0.1, 0.15) is 11.1 Å². The number of amides is 1. The van der Waals surface area contributed by atoms with E-state index in [2.05, 4.69) is 15.8 Å². The minimum atomic E-state index is -1.25. The minimum Gasteiger partial charge on any atom is -0.434 e. The maximum Gasteiger partial charge on any atom is 0.304 e. The topological polar surface area (TPSA) is 62.7 Å². The molecule has 2 aliphatic rings. The van der Waals surface area contributed by atoms with Crippen LogP contribution in [0.5, 0.6) is 0 Å². The van der Waals surface area contributed by atoms with Crippen LogP contribution in [0, 0.1) is 0 Å². The molecule has 2 aromatic carbocycles. The Morgan fingerprint density at radius 1 is 1.00 bits per heavy atom. The van der Waals surface area contributed by atoms with E-state index in [-0.39, 0.29) is 5.91 Å². The summed E-state index contributed by atoms with van der Waals surface area (Å²) < 4.78 is 5.86. The first-order valence-electron chi connectivity index (χ1n) is 6.30. The zero-order chi connectivity index (χ0) is 13.6. The van der Waals surface area contributed by atoms with Gasteiger partial charge in [0, 0.05) is 5.56 Å². The van der Waals surface area contributed by atoms with Crippen LogP contribution >= 0.6 is 0 Å². The second-order valence-corrected chi connectivity index (χ2v) is 4.68. The van der Waals surface area contributed by atoms with Gasteiger partial charge in [0.05, 0.1) is 11.3 Å². The average Bonchev–Trinajstić information content (AvgIpc) is 3.05. The molecule has 0 fully saturated rings. The second-order valence-electron chi connectivity index (χ2n) is 4.68. The van der Waals surface area contributed by atoms with Gasteiger partial charge in [0.25, 0.3) is 5.91 Å². The number of carbonyl (C=O) groups is 1. The van der Waals surface area contributed by atoms with Crippen LogP contribution in [0.2, 0.25) is 0 Å². The van der Waals surface area contributed by atoms with Gasteiger partial charge < -0.3 is 10.1 Å². The Morgan fingerprint density at radius 3 is 2.60 bits per heavy atom. The summed E-state index contributed by atoms with van der Waals surface area (Å²) in [4.78, 5) is 12.3. The third kappa shape index (κ3) is 1.37. The van der Waals surface area contributed by atoms with E-state index in [0.717, 1.165) is 16.8 Å². The molecule has 20 heavy (non-hydrogen) atoms. The van der Waals surface area contributed by atoms with E-state index in [9.17, 15) is 4.79 Å². The van der Waals surface area contributed by atoms with Crippen molar-refractivity contribution in [2.24, 2.45) is 5.10 Å². The summed E-state index contributed by atoms with van der Waals surface area (Å²) in [6, 6.07) is 16.9. The fourth-order valence-corrected chi connectivity index (χ4v) is 2.47. The number of fused-ring (bicyclic) bond motifs is 2. The van der Waals surface area contributed by atoms with Gasteiger partial charge in [0.2, 0.25) is 5.90 Å². The van der Waals surface area contributed by atoms with Gasteiger partial charge in [-0.3, -0.25) is 10.2 Å². The first-order chi connectivity index (χ1) is 9.79. The van der Waals surface area contributed by atoms with E-state index in [1.807, 2.05) is 54.6 Å². The molecular weight excluding hydrogens is 254 g/mol. The maximum absolute atomic E-state index is 12.3. The predicted molar refractivity (Wildman–Crippen MR) is 73.9 cm³/mol. The Labute approximate surface area is 115 Å². The molecule has 0 aromatic heterocycles. The number of hydrogen-bond acceptors (Lipinski definition) is 4. The summed E-state index contributed by atoms with van der Waals surface area (Å²) in [5.74, 6) is 0.158. The molecule has 1 unspecified atom stereocenters. The Kier molecular flexibility index (Phi) is 2.12. The third-order valence-corrected chi connectivity index (χ3v) is 3.46. The number of rotatable bonds is 1. The van der Waals surface area contributed by atoms with E-state index in [1.165, 1.54) is 0 Å². The van der Waals surface area contributed by atoms with Crippen LogP contribution in [0.15, 0.2) is 59.7 Å². The quantitative estimate of drug-likeness (QED) is 0.826. The molecule has 2 aromatic rings. The number of ether oxygens (including phenoxy) is 1. The van der Waals surface area contributed by atoms with E-state index >= 15 is 0 Å². The molecule has 1 amide bonds. The highest BCUT2D eigenvalue weighted by Crippen LogP contribution is 2.39. The summed E-state index contributed by atoms with van der Waals surface area (Å²) in [5, 5.41) is 6.98. The number of hydrazone groups is 1. The summed E-state index contributed by atoms with van der Waals surface area (Å²) in [7, 11) is 0. The van der Waals surface area contributed by atoms with Gasteiger partial charge in [-0.15, -0.1) is 5.10 Å². The fourth-order valence-electron chi connectivity index (χ4n) is 2.47. The standard InChI is InChI=1S/C15H11N3O2/c19-14-15(11-8-4-5-9-12(11)16-14)18-17-13(20-15)10-6-2-1-3-7-10/h1-9,18H,(H,16,19). The van der Waals surface area contributed by atoms with Crippen LogP contribution in [0.3, 0.4) is 0 Å². The summed E-state index contributed by atoms with van der Waals surface area (Å²) >= 11 is 0. The number of para-hydroxylation sites is 1. The SMILES string of the molecule is O=C1Nc2ccccc2C12NN=C(c1ccccc1)O2. The smallest absolute Gasteiger partial charge is 0.304 e. The van der Waals surface area contributed by atoms with E-state index in [0.29, 0.717) is 5.90 Å². The molecule has 5 heteroatoms. The average molecular weight is 265 g/mol. The van der Waals surface area contributed by atoms with Crippen LogP contribution in [0.25, 0.3) is 0 Å². The fraction of sp³-hybridized carbons (Fsp3) is 0.0667. The molecule has 2 N–H and O–H groups in total. The predicted octanol–water partition coefficient (Wildman–Crippen LogP) is 1.77. The normalized spacial score (nSPS) is 22.8. The van der Waals surface area contributed by atoms with Gasteiger partial charge in [-0.05, 0) is 18.2 Å². The largest absolute Gasteiger partial charge is 0.434 e. The summed E-state index contributed by atoms with van der Waals surface area (Å²) in [6.45, 7) is 0. The lowest BCUT2D eigenvalue weighted by Gasteiger charge is -2.20. The van der Waals surface area contributed by atoms with Crippen LogP contribution in [0.4, 0.5) is 5.69 Å². The number of hydrogen-bond donors (Lipinski definition) is 2. The van der Waals surface area contributed by atoms with Gasteiger partial charge in [-0.25, -0.2) is 0 Å². The van der Waals surface area contributed by atoms with Gasteiger partial charge in [0.15, 0.2) is 0 Å². The van der Waals surface area contributed by atoms with Crippen molar-refractivity contribution in [1.29, 1.82) is 0 Å². The highest BCUT2D eigenvalue weighted by atomic mass is 16.6. The Balaban J connectivity index is 1.74. The highest BCUT2D eigenvalue weighted by molar-refractivity contribution is 6.08. The van der Waals surface area contributed by atoms with E-state index in [1.54, 1.807) is 0 Å². The molecule has 2 heterocycles. The lowest BCUT2D eigenvalue weighted by atomic mass is 10.1. The zero-order valence-corrected chi connectivity index (χ0v) is 10.5. The van der Waals surface area contributed by atoms with E-state index < -0.39 is 5.72 Å². The van der Waals surface area contributed by atoms with Crippen molar-refractivity contribution in [3.8, 4) is 0 Å². The number of nitrogens with zero attached hydrogens (tertiary/aromatic N) is 1. The molecule has 0 aliphatic carbocycles. The van der Waals surface area contributed by atoms with E-state index in [4.69, 9.17) is 4.74 Å². The van der Waals surface area contributed by atoms with Crippen molar-refractivity contribution in [2.75, 3.05) is 5.32 Å². The number of anilines is 1. The first-order valence-corrected chi connectivity index (χ1v) is 6.30. The lowest BCUT2D eigenvalue weighted by molar-refractivity contribution is -0.133. The van der Waals surface area contributed by atoms with Crippen molar-refractivity contribution in [2.45, 2.75) is 5.72 Å². The number of nitrogens with one attached hydrogen (secondary N) is 2. The lowest BCUT2D eigenvalue weighted by Crippen LogP contribution is -2.44. The van der Waals surface area contributed by atoms with Gasteiger partial charge in [-0.1, -0.05) is 36.4 Å². The van der Waals surface area contributed by atoms with Crippen molar-refractivity contribution in [3.63, 3.8) is 0 Å². The van der Waals surface area contributed by atoms with Crippen molar-refractivity contribution < 1.29 is 9.53 Å². The Morgan fingerprint density at radius 2 is 1.75 bits per heavy atom. The van der Waals surface area contributed by atoms with Gasteiger partial charge in [0.1, 0.15) is 0 Å². The molecule has 0 saturated carbocycles. The first kappa shape index (κ1) is 11.0. The number of benzene rings is 2. The van der Waals surface area contributed by atoms with Gasteiger partial charge in [-0.2, -0.15) is 0 Å². The van der Waals surface area contributed by atoms with Crippen molar-refractivity contribution in [3.05, 3.63) is 65.7 Å². The Hall–Kier alpha value is -2.82. The number of carbonyl (C=O) groups excluding carboxylic acids is 1. The van der Waals surface area contributed by atoms with Crippen LogP contribution in [-0.4, -0.2) is 11.8 Å². The molecule has 5 nitrogen and oxygen atoms in total. The molecule has 1 spiro atoms. The van der Waals surface area contributed by atoms with Crippen LogP contribution < -0.4 is 10.7 Å². The molecule has 98 valence electrons. The highest BCUT2D eigenvalue weighted by Gasteiger charge is 2.53. The third-order valence-electron chi connectivity index (χ3n) is 3.46. The Bertz CT molecular complexity index is 727. The summed E-state index contributed by atoms with van der Waals surface area (Å²) in [5.41, 5.74) is 3.91. The minimum absolute atomic E-state index is 0.256. The maximum atomic E-state index is 12.3. The van der Waals surface area contributed by atoms with Crippen LogP contribution in [-0.2, 0) is 15.3 Å². The monoisotopic (exact) mass is 265 g/mol. The molecule has 4 rings (SSSR count). The molecule has 0 saturated heterocycles. The summed E-state index contributed by atoms with van der Waals surface area (Å²) in [6.07, 6.45) is 0. The molecule has 0 radical (unpaired) electrons. The van der Waals surface area contributed by atoms with Crippen molar-refractivity contribution >= 4 is 17.5 Å². The van der Waals surface area contributed by atoms with Crippen molar-refractivity contribution in [1.82, 2.24) is 5.43 Å². The molecule has 1 atom stereocenters. The van der Waals surface area contributed by atoms with Gasteiger partial charge >= 0.3 is 5.72 Å². The molecule has 2 aliphatic heterocycles. The second kappa shape index (κ2) is 3.84. The molecule has 0 bridgehead atoms.